The molecule has 0 aliphatic heterocycles. The van der Waals surface area contributed by atoms with E-state index >= 15 is 0 Å². The number of amides is 1. The van der Waals surface area contributed by atoms with Crippen molar-refractivity contribution in [3.05, 3.63) is 24.3 Å². The fraction of sp³-hybridized carbons (Fsp3) is 0.533. The second-order valence-electron chi connectivity index (χ2n) is 5.00. The Hall–Kier alpha value is -1.75. The highest BCUT2D eigenvalue weighted by molar-refractivity contribution is 5.77. The van der Waals surface area contributed by atoms with Crippen LogP contribution in [0.5, 0.6) is 11.5 Å². The summed E-state index contributed by atoms with van der Waals surface area (Å²) in [6.07, 6.45) is 0.910. The minimum Gasteiger partial charge on any atom is -0.493 e. The third kappa shape index (κ3) is 5.93. The molecule has 1 rings (SSSR count). The Morgan fingerprint density at radius 2 is 1.95 bits per heavy atom. The summed E-state index contributed by atoms with van der Waals surface area (Å²) in [7, 11) is 5.60. The number of para-hydroxylation sites is 2. The van der Waals surface area contributed by atoms with Gasteiger partial charge in [-0.25, -0.2) is 0 Å². The van der Waals surface area contributed by atoms with Crippen LogP contribution in [0.15, 0.2) is 24.3 Å². The minimum atomic E-state index is -0.123. The molecule has 1 amide bonds. The van der Waals surface area contributed by atoms with E-state index < -0.39 is 0 Å². The van der Waals surface area contributed by atoms with Gasteiger partial charge in [0, 0.05) is 6.04 Å². The first-order valence-electron chi connectivity index (χ1n) is 6.73. The summed E-state index contributed by atoms with van der Waals surface area (Å²) in [6.45, 7) is 2.92. The lowest BCUT2D eigenvalue weighted by molar-refractivity contribution is -0.123. The molecule has 0 radical (unpaired) electrons. The van der Waals surface area contributed by atoms with Crippen molar-refractivity contribution in [1.29, 1.82) is 0 Å². The molecule has 1 atom stereocenters. The van der Waals surface area contributed by atoms with Crippen LogP contribution < -0.4 is 14.8 Å². The van der Waals surface area contributed by atoms with Crippen molar-refractivity contribution in [2.75, 3.05) is 34.4 Å². The number of ether oxygens (including phenoxy) is 2. The summed E-state index contributed by atoms with van der Waals surface area (Å²) in [6, 6.07) is 7.41. The first-order chi connectivity index (χ1) is 9.52. The molecule has 0 heterocycles. The number of hydrogen-bond donors (Lipinski definition) is 1. The van der Waals surface area contributed by atoms with Crippen LogP contribution >= 0.6 is 0 Å². The van der Waals surface area contributed by atoms with Crippen molar-refractivity contribution in [1.82, 2.24) is 10.2 Å². The van der Waals surface area contributed by atoms with Crippen LogP contribution in [0.3, 0.4) is 0 Å². The highest BCUT2D eigenvalue weighted by Gasteiger charge is 2.10. The van der Waals surface area contributed by atoms with Gasteiger partial charge in [0.15, 0.2) is 18.1 Å². The SMILES string of the molecule is COc1ccccc1OCC(=O)N[C@H](C)CCN(C)C. The average Bonchev–Trinajstić information content (AvgIpc) is 2.43. The molecule has 20 heavy (non-hydrogen) atoms. The highest BCUT2D eigenvalue weighted by Crippen LogP contribution is 2.25. The van der Waals surface area contributed by atoms with Gasteiger partial charge in [-0.05, 0) is 46.1 Å². The van der Waals surface area contributed by atoms with Crippen LogP contribution in [-0.2, 0) is 4.79 Å². The number of methoxy groups -OCH3 is 1. The van der Waals surface area contributed by atoms with Gasteiger partial charge < -0.3 is 19.7 Å². The molecule has 0 saturated heterocycles. The van der Waals surface area contributed by atoms with Gasteiger partial charge in [-0.15, -0.1) is 0 Å². The third-order valence-corrected chi connectivity index (χ3v) is 2.84. The van der Waals surface area contributed by atoms with Gasteiger partial charge in [-0.2, -0.15) is 0 Å². The van der Waals surface area contributed by atoms with Crippen molar-refractivity contribution in [3.63, 3.8) is 0 Å². The van der Waals surface area contributed by atoms with Crippen LogP contribution in [0.2, 0.25) is 0 Å². The number of hydrogen-bond acceptors (Lipinski definition) is 4. The van der Waals surface area contributed by atoms with Crippen LogP contribution in [0, 0.1) is 0 Å². The quantitative estimate of drug-likeness (QED) is 0.784. The molecular weight excluding hydrogens is 256 g/mol. The molecule has 0 bridgehead atoms. The van der Waals surface area contributed by atoms with E-state index in [-0.39, 0.29) is 18.6 Å². The van der Waals surface area contributed by atoms with E-state index in [1.807, 2.05) is 33.2 Å². The van der Waals surface area contributed by atoms with E-state index in [1.165, 1.54) is 0 Å². The smallest absolute Gasteiger partial charge is 0.258 e. The topological polar surface area (TPSA) is 50.8 Å². The summed E-state index contributed by atoms with van der Waals surface area (Å²) in [5, 5.41) is 2.91. The number of rotatable bonds is 8. The Kier molecular flexibility index (Phi) is 6.87. The highest BCUT2D eigenvalue weighted by atomic mass is 16.5. The van der Waals surface area contributed by atoms with Gasteiger partial charge in [0.1, 0.15) is 0 Å². The summed E-state index contributed by atoms with van der Waals surface area (Å²) >= 11 is 0. The van der Waals surface area contributed by atoms with Crippen molar-refractivity contribution >= 4 is 5.91 Å². The van der Waals surface area contributed by atoms with Crippen LogP contribution in [0.25, 0.3) is 0 Å². The fourth-order valence-electron chi connectivity index (χ4n) is 1.72. The molecule has 0 aliphatic rings. The van der Waals surface area contributed by atoms with Gasteiger partial charge in [-0.3, -0.25) is 4.79 Å². The van der Waals surface area contributed by atoms with Gasteiger partial charge in [0.25, 0.3) is 5.91 Å². The molecule has 0 spiro atoms. The van der Waals surface area contributed by atoms with E-state index in [4.69, 9.17) is 9.47 Å². The van der Waals surface area contributed by atoms with Gasteiger partial charge in [0.2, 0.25) is 0 Å². The number of nitrogens with one attached hydrogen (secondary N) is 1. The maximum absolute atomic E-state index is 11.8. The van der Waals surface area contributed by atoms with E-state index in [9.17, 15) is 4.79 Å². The second-order valence-corrected chi connectivity index (χ2v) is 5.00. The van der Waals surface area contributed by atoms with Crippen molar-refractivity contribution < 1.29 is 14.3 Å². The maximum atomic E-state index is 11.8. The summed E-state index contributed by atoms with van der Waals surface area (Å²) in [4.78, 5) is 13.9. The van der Waals surface area contributed by atoms with Crippen LogP contribution in [0.4, 0.5) is 0 Å². The summed E-state index contributed by atoms with van der Waals surface area (Å²) in [5.74, 6) is 1.08. The number of benzene rings is 1. The molecule has 0 fully saturated rings. The predicted molar refractivity (Wildman–Crippen MR) is 79.3 cm³/mol. The zero-order valence-electron chi connectivity index (χ0n) is 12.7. The molecule has 0 aliphatic carbocycles. The van der Waals surface area contributed by atoms with Crippen LogP contribution in [0.1, 0.15) is 13.3 Å². The molecule has 0 unspecified atom stereocenters. The fourth-order valence-corrected chi connectivity index (χ4v) is 1.72. The van der Waals surface area contributed by atoms with E-state index in [0.29, 0.717) is 11.5 Å². The lowest BCUT2D eigenvalue weighted by Gasteiger charge is -2.17. The first-order valence-corrected chi connectivity index (χ1v) is 6.73. The maximum Gasteiger partial charge on any atom is 0.258 e. The lowest BCUT2D eigenvalue weighted by atomic mass is 10.2. The molecular formula is C15H24N2O3. The van der Waals surface area contributed by atoms with Crippen molar-refractivity contribution in [3.8, 4) is 11.5 Å². The van der Waals surface area contributed by atoms with Crippen molar-refractivity contribution in [2.24, 2.45) is 0 Å². The molecule has 0 aromatic heterocycles. The zero-order valence-corrected chi connectivity index (χ0v) is 12.7. The van der Waals surface area contributed by atoms with E-state index in [2.05, 4.69) is 10.2 Å². The second kappa shape index (κ2) is 8.43. The Bertz CT molecular complexity index is 421. The Balaban J connectivity index is 2.36. The largest absolute Gasteiger partial charge is 0.493 e. The Labute approximate surface area is 120 Å². The summed E-state index contributed by atoms with van der Waals surface area (Å²) in [5.41, 5.74) is 0. The molecule has 112 valence electrons. The lowest BCUT2D eigenvalue weighted by Crippen LogP contribution is -2.37. The Morgan fingerprint density at radius 1 is 1.30 bits per heavy atom. The molecule has 5 nitrogen and oxygen atoms in total. The third-order valence-electron chi connectivity index (χ3n) is 2.84. The van der Waals surface area contributed by atoms with E-state index in [0.717, 1.165) is 13.0 Å². The minimum absolute atomic E-state index is 0.00726. The predicted octanol–water partition coefficient (Wildman–Crippen LogP) is 1.53. The zero-order chi connectivity index (χ0) is 15.0. The van der Waals surface area contributed by atoms with Crippen LogP contribution in [-0.4, -0.2) is 51.2 Å². The number of nitrogens with zero attached hydrogens (tertiary/aromatic N) is 1. The average molecular weight is 280 g/mol. The van der Waals surface area contributed by atoms with Gasteiger partial charge >= 0.3 is 0 Å². The van der Waals surface area contributed by atoms with Gasteiger partial charge in [-0.1, -0.05) is 12.1 Å². The Morgan fingerprint density at radius 3 is 2.55 bits per heavy atom. The molecule has 1 aromatic rings. The summed E-state index contributed by atoms with van der Waals surface area (Å²) < 4.78 is 10.6. The molecule has 1 N–H and O–H groups in total. The number of carbonyl (C=O) groups is 1. The number of carbonyl (C=O) groups excluding carboxylic acids is 1. The molecule has 1 aromatic carbocycles. The monoisotopic (exact) mass is 280 g/mol. The van der Waals surface area contributed by atoms with Crippen molar-refractivity contribution in [2.45, 2.75) is 19.4 Å². The molecule has 0 saturated carbocycles. The first kappa shape index (κ1) is 16.3. The molecule has 5 heteroatoms. The van der Waals surface area contributed by atoms with Gasteiger partial charge in [0.05, 0.1) is 7.11 Å². The standard InChI is InChI=1S/C15H24N2O3/c1-12(9-10-17(2)3)16-15(18)11-20-14-8-6-5-7-13(14)19-4/h5-8,12H,9-11H2,1-4H3,(H,16,18)/t12-/m1/s1. The van der Waals surface area contributed by atoms with E-state index in [1.54, 1.807) is 19.2 Å². The normalized spacial score (nSPS) is 12.1.